The lowest BCUT2D eigenvalue weighted by Crippen LogP contribution is -2.47. The second kappa shape index (κ2) is 6.75. The molecule has 0 aromatic heterocycles. The number of anilines is 1. The zero-order valence-electron chi connectivity index (χ0n) is 12.7. The molecule has 4 nitrogen and oxygen atoms in total. The zero-order chi connectivity index (χ0) is 14.5. The van der Waals surface area contributed by atoms with Gasteiger partial charge < -0.3 is 15.5 Å². The number of rotatable bonds is 4. The number of aryl methyl sites for hydroxylation is 1. The summed E-state index contributed by atoms with van der Waals surface area (Å²) in [6, 6.07) is 6.19. The topological polar surface area (TPSA) is 44.4 Å². The summed E-state index contributed by atoms with van der Waals surface area (Å²) >= 11 is 0. The molecule has 2 N–H and O–H groups in total. The molecule has 1 aliphatic heterocycles. The third-order valence-electron chi connectivity index (χ3n) is 3.98. The van der Waals surface area contributed by atoms with E-state index in [1.807, 2.05) is 32.2 Å². The van der Waals surface area contributed by atoms with Crippen LogP contribution in [0, 0.1) is 6.92 Å². The molecule has 2 rings (SSSR count). The monoisotopic (exact) mass is 275 g/mol. The second-order valence-corrected chi connectivity index (χ2v) is 5.50. The molecule has 1 fully saturated rings. The highest BCUT2D eigenvalue weighted by molar-refractivity contribution is 6.00. The predicted octanol–water partition coefficient (Wildman–Crippen LogP) is 2.25. The van der Waals surface area contributed by atoms with Crippen molar-refractivity contribution in [3.63, 3.8) is 0 Å². The Morgan fingerprint density at radius 1 is 1.45 bits per heavy atom. The van der Waals surface area contributed by atoms with E-state index in [0.717, 1.165) is 49.3 Å². The molecular formula is C16H25N3O. The summed E-state index contributed by atoms with van der Waals surface area (Å²) in [7, 11) is 1.85. The Morgan fingerprint density at radius 3 is 2.95 bits per heavy atom. The summed E-state index contributed by atoms with van der Waals surface area (Å²) in [5, 5.41) is 6.27. The molecule has 1 saturated heterocycles. The van der Waals surface area contributed by atoms with Crippen molar-refractivity contribution in [2.24, 2.45) is 0 Å². The molecule has 1 aromatic rings. The number of nitrogens with one attached hydrogen (secondary N) is 2. The van der Waals surface area contributed by atoms with Crippen molar-refractivity contribution in [1.82, 2.24) is 10.2 Å². The van der Waals surface area contributed by atoms with Crippen LogP contribution in [0.2, 0.25) is 0 Å². The normalized spacial score (nSPS) is 19.6. The smallest absolute Gasteiger partial charge is 0.253 e. The Labute approximate surface area is 121 Å². The number of likely N-dealkylation sites (tertiary alicyclic amines) is 1. The second-order valence-electron chi connectivity index (χ2n) is 5.50. The lowest BCUT2D eigenvalue weighted by atomic mass is 10.0. The van der Waals surface area contributed by atoms with Crippen LogP contribution < -0.4 is 10.6 Å². The number of piperidine rings is 1. The fraction of sp³-hybridized carbons (Fsp3) is 0.562. The Balaban J connectivity index is 2.06. The van der Waals surface area contributed by atoms with E-state index in [1.165, 1.54) is 0 Å². The molecule has 1 heterocycles. The molecule has 20 heavy (non-hydrogen) atoms. The maximum atomic E-state index is 12.5. The van der Waals surface area contributed by atoms with E-state index < -0.39 is 0 Å². The SMILES string of the molecule is CCN1CCCC(NC(=O)c2cc(C)ccc2NC)C1. The van der Waals surface area contributed by atoms with Gasteiger partial charge in [0, 0.05) is 25.3 Å². The number of hydrogen-bond acceptors (Lipinski definition) is 3. The van der Waals surface area contributed by atoms with Gasteiger partial charge in [-0.1, -0.05) is 18.6 Å². The first kappa shape index (κ1) is 14.9. The third kappa shape index (κ3) is 3.51. The van der Waals surface area contributed by atoms with Crippen LogP contribution in [-0.4, -0.2) is 43.5 Å². The summed E-state index contributed by atoms with van der Waals surface area (Å²) in [5.74, 6) is 0.0287. The molecule has 110 valence electrons. The average Bonchev–Trinajstić information content (AvgIpc) is 2.47. The third-order valence-corrected chi connectivity index (χ3v) is 3.98. The van der Waals surface area contributed by atoms with Crippen molar-refractivity contribution in [2.45, 2.75) is 32.7 Å². The highest BCUT2D eigenvalue weighted by atomic mass is 16.1. The van der Waals surface area contributed by atoms with Crippen molar-refractivity contribution >= 4 is 11.6 Å². The quantitative estimate of drug-likeness (QED) is 0.886. The van der Waals surface area contributed by atoms with E-state index >= 15 is 0 Å². The fourth-order valence-corrected chi connectivity index (χ4v) is 2.79. The van der Waals surface area contributed by atoms with Gasteiger partial charge in [-0.3, -0.25) is 4.79 Å². The Hall–Kier alpha value is -1.55. The lowest BCUT2D eigenvalue weighted by molar-refractivity contribution is 0.0906. The first-order valence-electron chi connectivity index (χ1n) is 7.45. The molecule has 1 amide bonds. The van der Waals surface area contributed by atoms with E-state index in [0.29, 0.717) is 0 Å². The first-order valence-corrected chi connectivity index (χ1v) is 7.45. The molecule has 0 saturated carbocycles. The largest absolute Gasteiger partial charge is 0.387 e. The van der Waals surface area contributed by atoms with Crippen LogP contribution >= 0.6 is 0 Å². The van der Waals surface area contributed by atoms with E-state index in [4.69, 9.17) is 0 Å². The first-order chi connectivity index (χ1) is 9.63. The van der Waals surface area contributed by atoms with Gasteiger partial charge in [-0.15, -0.1) is 0 Å². The van der Waals surface area contributed by atoms with Gasteiger partial charge in [-0.25, -0.2) is 0 Å². The summed E-state index contributed by atoms with van der Waals surface area (Å²) in [6.45, 7) is 7.34. The predicted molar refractivity (Wildman–Crippen MR) is 83.3 cm³/mol. The molecule has 0 bridgehead atoms. The average molecular weight is 275 g/mol. The summed E-state index contributed by atoms with van der Waals surface area (Å²) in [6.07, 6.45) is 2.23. The zero-order valence-corrected chi connectivity index (χ0v) is 12.7. The maximum Gasteiger partial charge on any atom is 0.253 e. The summed E-state index contributed by atoms with van der Waals surface area (Å²) in [5.41, 5.74) is 2.73. The molecule has 1 unspecified atom stereocenters. The minimum Gasteiger partial charge on any atom is -0.387 e. The van der Waals surface area contributed by atoms with Crippen LogP contribution in [0.25, 0.3) is 0 Å². The van der Waals surface area contributed by atoms with Gasteiger partial charge in [0.05, 0.1) is 5.56 Å². The number of carbonyl (C=O) groups excluding carboxylic acids is 1. The molecule has 4 heteroatoms. The van der Waals surface area contributed by atoms with Gasteiger partial charge in [0.2, 0.25) is 0 Å². The van der Waals surface area contributed by atoms with Crippen molar-refractivity contribution in [1.29, 1.82) is 0 Å². The van der Waals surface area contributed by atoms with Crippen molar-refractivity contribution in [3.8, 4) is 0 Å². The number of carbonyl (C=O) groups is 1. The molecule has 1 aromatic carbocycles. The van der Waals surface area contributed by atoms with Gasteiger partial charge in [0.25, 0.3) is 5.91 Å². The van der Waals surface area contributed by atoms with Gasteiger partial charge >= 0.3 is 0 Å². The van der Waals surface area contributed by atoms with Gasteiger partial charge in [0.1, 0.15) is 0 Å². The van der Waals surface area contributed by atoms with Crippen LogP contribution in [0.5, 0.6) is 0 Å². The van der Waals surface area contributed by atoms with E-state index in [1.54, 1.807) is 0 Å². The molecule has 0 aliphatic carbocycles. The minimum absolute atomic E-state index is 0.0287. The van der Waals surface area contributed by atoms with Crippen LogP contribution in [0.15, 0.2) is 18.2 Å². The number of likely N-dealkylation sites (N-methyl/N-ethyl adjacent to an activating group) is 1. The number of hydrogen-bond donors (Lipinski definition) is 2. The summed E-state index contributed by atoms with van der Waals surface area (Å²) in [4.78, 5) is 14.9. The van der Waals surface area contributed by atoms with Crippen LogP contribution in [0.3, 0.4) is 0 Å². The molecule has 1 atom stereocenters. The van der Waals surface area contributed by atoms with Crippen LogP contribution in [0.4, 0.5) is 5.69 Å². The van der Waals surface area contributed by atoms with E-state index in [2.05, 4.69) is 22.5 Å². The molecule has 0 spiro atoms. The van der Waals surface area contributed by atoms with Crippen LogP contribution in [-0.2, 0) is 0 Å². The minimum atomic E-state index is 0.0287. The number of benzene rings is 1. The Bertz CT molecular complexity index is 473. The summed E-state index contributed by atoms with van der Waals surface area (Å²) < 4.78 is 0. The fourth-order valence-electron chi connectivity index (χ4n) is 2.79. The van der Waals surface area contributed by atoms with Crippen molar-refractivity contribution in [3.05, 3.63) is 29.3 Å². The van der Waals surface area contributed by atoms with Crippen molar-refractivity contribution < 1.29 is 4.79 Å². The van der Waals surface area contributed by atoms with E-state index in [9.17, 15) is 4.79 Å². The van der Waals surface area contributed by atoms with Crippen LogP contribution in [0.1, 0.15) is 35.7 Å². The Morgan fingerprint density at radius 2 is 2.25 bits per heavy atom. The van der Waals surface area contributed by atoms with Gasteiger partial charge in [-0.05, 0) is 45.0 Å². The number of amides is 1. The van der Waals surface area contributed by atoms with E-state index in [-0.39, 0.29) is 11.9 Å². The number of nitrogens with zero attached hydrogens (tertiary/aromatic N) is 1. The highest BCUT2D eigenvalue weighted by Crippen LogP contribution is 2.18. The standard InChI is InChI=1S/C16H25N3O/c1-4-19-9-5-6-13(11-19)18-16(20)14-10-12(2)7-8-15(14)17-3/h7-8,10,13,17H,4-6,9,11H2,1-3H3,(H,18,20). The molecular weight excluding hydrogens is 250 g/mol. The lowest BCUT2D eigenvalue weighted by Gasteiger charge is -2.32. The van der Waals surface area contributed by atoms with Gasteiger partial charge in [0.15, 0.2) is 0 Å². The Kier molecular flexibility index (Phi) is 5.01. The molecule has 0 radical (unpaired) electrons. The maximum absolute atomic E-state index is 12.5. The van der Waals surface area contributed by atoms with Gasteiger partial charge in [-0.2, -0.15) is 0 Å². The highest BCUT2D eigenvalue weighted by Gasteiger charge is 2.21. The molecule has 1 aliphatic rings. The van der Waals surface area contributed by atoms with Crippen molar-refractivity contribution in [2.75, 3.05) is 32.0 Å².